The number of aromatic amines is 1. The quantitative estimate of drug-likeness (QED) is 0.167. The second-order valence-corrected chi connectivity index (χ2v) is 9.91. The maximum atomic E-state index is 13.3. The van der Waals surface area contributed by atoms with E-state index >= 15 is 0 Å². The smallest absolute Gasteiger partial charge is 0.269 e. The Morgan fingerprint density at radius 1 is 0.850 bits per heavy atom. The van der Waals surface area contributed by atoms with Gasteiger partial charge in [-0.05, 0) is 43.5 Å². The lowest BCUT2D eigenvalue weighted by Gasteiger charge is -2.25. The molecule has 0 bridgehead atoms. The maximum absolute atomic E-state index is 13.3. The number of rotatable bonds is 14. The van der Waals surface area contributed by atoms with Crippen LogP contribution < -0.4 is 21.7 Å². The van der Waals surface area contributed by atoms with Gasteiger partial charge in [0.2, 0.25) is 5.91 Å². The maximum Gasteiger partial charge on any atom is 0.269 e. The van der Waals surface area contributed by atoms with Crippen LogP contribution in [0.5, 0.6) is 0 Å². The fourth-order valence-electron chi connectivity index (χ4n) is 4.68. The Morgan fingerprint density at radius 3 is 2.05 bits per heavy atom. The molecule has 8 nitrogen and oxygen atoms in total. The Bertz CT molecular complexity index is 1290. The molecule has 4 aromatic rings. The molecule has 1 heterocycles. The molecule has 0 fully saturated rings. The number of hydrogen-bond acceptors (Lipinski definition) is 5. The molecule has 2 amide bonds. The highest BCUT2D eigenvalue weighted by Crippen LogP contribution is 2.24. The topological polar surface area (TPSA) is 125 Å². The van der Waals surface area contributed by atoms with Crippen LogP contribution in [0.2, 0.25) is 0 Å². The summed E-state index contributed by atoms with van der Waals surface area (Å²) < 4.78 is 0. The number of carbonyl (C=O) groups is 2. The van der Waals surface area contributed by atoms with Gasteiger partial charge in [-0.15, -0.1) is 0 Å². The van der Waals surface area contributed by atoms with Crippen LogP contribution in [0.3, 0.4) is 0 Å². The number of amides is 2. The van der Waals surface area contributed by atoms with Crippen molar-refractivity contribution in [2.45, 2.75) is 37.8 Å². The number of nitrogens with zero attached hydrogens (tertiary/aromatic N) is 1. The average molecular weight is 539 g/mol. The van der Waals surface area contributed by atoms with Crippen LogP contribution in [-0.4, -0.2) is 53.7 Å². The van der Waals surface area contributed by atoms with Gasteiger partial charge >= 0.3 is 0 Å². The molecule has 0 radical (unpaired) electrons. The number of nitrogens with one attached hydrogen (secondary N) is 4. The summed E-state index contributed by atoms with van der Waals surface area (Å²) in [6.07, 6.45) is 1.31. The molecule has 6 N–H and O–H groups in total. The van der Waals surface area contributed by atoms with Crippen LogP contribution in [-0.2, 0) is 4.79 Å². The zero-order chi connectivity index (χ0) is 28.2. The molecule has 0 saturated carbocycles. The molecule has 3 aromatic carbocycles. The number of aromatic nitrogens is 2. The van der Waals surface area contributed by atoms with E-state index in [0.29, 0.717) is 43.9 Å². The molecule has 40 heavy (non-hydrogen) atoms. The van der Waals surface area contributed by atoms with Gasteiger partial charge < -0.3 is 21.7 Å². The summed E-state index contributed by atoms with van der Waals surface area (Å²) in [5.74, 6) is -0.294. The standard InChI is InChI=1S/C32H38N6O2/c1-23(21-34-32(40)30-20-29(37-38-30)26-16-9-4-10-17-26)36-28(18-11-19-33)31(39)35-22-27(24-12-5-2-6-13-24)25-14-7-3-8-15-25/h2-10,12-17,20,23,27-28,36H,11,18-19,21-22,33H2,1H3,(H,34,40)(H,35,39)(H,37,38)/t23?,28-/m0/s1. The van der Waals surface area contributed by atoms with E-state index in [0.717, 1.165) is 16.7 Å². The summed E-state index contributed by atoms with van der Waals surface area (Å²) in [6.45, 7) is 3.27. The first kappa shape index (κ1) is 28.7. The van der Waals surface area contributed by atoms with Gasteiger partial charge in [0, 0.05) is 30.6 Å². The first-order valence-corrected chi connectivity index (χ1v) is 13.8. The molecule has 0 aliphatic rings. The molecule has 4 rings (SSSR count). The van der Waals surface area contributed by atoms with Crippen LogP contribution in [0.25, 0.3) is 11.3 Å². The lowest BCUT2D eigenvalue weighted by Crippen LogP contribution is -2.51. The largest absolute Gasteiger partial charge is 0.354 e. The second kappa shape index (κ2) is 14.8. The zero-order valence-corrected chi connectivity index (χ0v) is 22.8. The monoisotopic (exact) mass is 538 g/mol. The Hall–Kier alpha value is -4.27. The highest BCUT2D eigenvalue weighted by molar-refractivity contribution is 5.93. The molecule has 0 spiro atoms. The summed E-state index contributed by atoms with van der Waals surface area (Å²) in [5, 5.41) is 16.5. The van der Waals surface area contributed by atoms with E-state index in [-0.39, 0.29) is 23.8 Å². The average Bonchev–Trinajstić information content (AvgIpc) is 3.50. The number of H-pyrrole nitrogens is 1. The van der Waals surface area contributed by atoms with Gasteiger partial charge in [-0.25, -0.2) is 0 Å². The molecule has 0 aliphatic heterocycles. The molecular weight excluding hydrogens is 500 g/mol. The third-order valence-electron chi connectivity index (χ3n) is 6.84. The van der Waals surface area contributed by atoms with Gasteiger partial charge in [0.05, 0.1) is 11.7 Å². The van der Waals surface area contributed by atoms with Gasteiger partial charge in [-0.1, -0.05) is 91.0 Å². The van der Waals surface area contributed by atoms with Crippen molar-refractivity contribution in [2.75, 3.05) is 19.6 Å². The van der Waals surface area contributed by atoms with Crippen molar-refractivity contribution in [3.63, 3.8) is 0 Å². The van der Waals surface area contributed by atoms with E-state index < -0.39 is 6.04 Å². The minimum absolute atomic E-state index is 0.0356. The van der Waals surface area contributed by atoms with E-state index in [2.05, 4.69) is 50.4 Å². The van der Waals surface area contributed by atoms with Crippen LogP contribution in [0.15, 0.2) is 97.1 Å². The first-order valence-electron chi connectivity index (χ1n) is 13.8. The van der Waals surface area contributed by atoms with Crippen LogP contribution >= 0.6 is 0 Å². The predicted octanol–water partition coefficient (Wildman–Crippen LogP) is 3.84. The minimum atomic E-state index is -0.431. The van der Waals surface area contributed by atoms with Gasteiger partial charge in [-0.2, -0.15) is 5.10 Å². The van der Waals surface area contributed by atoms with Gasteiger partial charge in [0.1, 0.15) is 5.69 Å². The molecule has 1 unspecified atom stereocenters. The van der Waals surface area contributed by atoms with Crippen molar-refractivity contribution in [1.82, 2.24) is 26.1 Å². The van der Waals surface area contributed by atoms with E-state index in [4.69, 9.17) is 5.73 Å². The van der Waals surface area contributed by atoms with E-state index in [1.54, 1.807) is 6.07 Å². The third-order valence-corrected chi connectivity index (χ3v) is 6.84. The Balaban J connectivity index is 1.33. The number of nitrogens with two attached hydrogens (primary N) is 1. The SMILES string of the molecule is CC(CNC(=O)c1cc(-c2ccccc2)n[nH]1)N[C@@H](CCCN)C(=O)NCC(c1ccccc1)c1ccccc1. The molecule has 8 heteroatoms. The Morgan fingerprint density at radius 2 is 1.45 bits per heavy atom. The number of carbonyl (C=O) groups excluding carboxylic acids is 2. The van der Waals surface area contributed by atoms with E-state index in [9.17, 15) is 9.59 Å². The molecule has 1 aromatic heterocycles. The summed E-state index contributed by atoms with van der Waals surface area (Å²) in [5.41, 5.74) is 10.1. The first-order chi connectivity index (χ1) is 19.5. The molecule has 0 saturated heterocycles. The molecular formula is C32H38N6O2. The molecule has 2 atom stereocenters. The fraction of sp³-hybridized carbons (Fsp3) is 0.281. The van der Waals surface area contributed by atoms with Crippen molar-refractivity contribution in [2.24, 2.45) is 5.73 Å². The molecule has 208 valence electrons. The van der Waals surface area contributed by atoms with Crippen LogP contribution in [0.1, 0.15) is 47.3 Å². The normalized spacial score (nSPS) is 12.6. The van der Waals surface area contributed by atoms with Crippen molar-refractivity contribution < 1.29 is 9.59 Å². The summed E-state index contributed by atoms with van der Waals surface area (Å²) >= 11 is 0. The van der Waals surface area contributed by atoms with Crippen molar-refractivity contribution in [1.29, 1.82) is 0 Å². The van der Waals surface area contributed by atoms with E-state index in [1.165, 1.54) is 0 Å². The lowest BCUT2D eigenvalue weighted by molar-refractivity contribution is -0.123. The second-order valence-electron chi connectivity index (χ2n) is 9.91. The predicted molar refractivity (Wildman–Crippen MR) is 159 cm³/mol. The molecule has 0 aliphatic carbocycles. The third kappa shape index (κ3) is 8.11. The van der Waals surface area contributed by atoms with Crippen molar-refractivity contribution in [3.05, 3.63) is 114 Å². The van der Waals surface area contributed by atoms with Crippen LogP contribution in [0, 0.1) is 0 Å². The fourth-order valence-corrected chi connectivity index (χ4v) is 4.68. The number of hydrogen-bond donors (Lipinski definition) is 5. The van der Waals surface area contributed by atoms with Crippen LogP contribution in [0.4, 0.5) is 0 Å². The lowest BCUT2D eigenvalue weighted by atomic mass is 9.91. The van der Waals surface area contributed by atoms with Crippen molar-refractivity contribution >= 4 is 11.8 Å². The highest BCUT2D eigenvalue weighted by Gasteiger charge is 2.23. The minimum Gasteiger partial charge on any atom is -0.354 e. The summed E-state index contributed by atoms with van der Waals surface area (Å²) in [4.78, 5) is 26.1. The zero-order valence-electron chi connectivity index (χ0n) is 22.8. The summed E-state index contributed by atoms with van der Waals surface area (Å²) in [6, 6.07) is 31.2. The Labute approximate surface area is 235 Å². The van der Waals surface area contributed by atoms with E-state index in [1.807, 2.05) is 73.7 Å². The number of benzene rings is 3. The summed E-state index contributed by atoms with van der Waals surface area (Å²) in [7, 11) is 0. The highest BCUT2D eigenvalue weighted by atomic mass is 16.2. The Kier molecular flexibility index (Phi) is 10.6. The van der Waals surface area contributed by atoms with Gasteiger partial charge in [0.25, 0.3) is 5.91 Å². The van der Waals surface area contributed by atoms with Crippen molar-refractivity contribution in [3.8, 4) is 11.3 Å². The van der Waals surface area contributed by atoms with Gasteiger partial charge in [-0.3, -0.25) is 14.7 Å². The van der Waals surface area contributed by atoms with Gasteiger partial charge in [0.15, 0.2) is 0 Å².